The van der Waals surface area contributed by atoms with Crippen molar-refractivity contribution in [1.29, 1.82) is 0 Å². The van der Waals surface area contributed by atoms with Gasteiger partial charge in [-0.05, 0) is 6.07 Å². The monoisotopic (exact) mass is 395 g/mol. The van der Waals surface area contributed by atoms with Gasteiger partial charge in [-0.15, -0.1) is 0 Å². The molecule has 0 aliphatic carbocycles. The highest BCUT2D eigenvalue weighted by Crippen LogP contribution is 2.46. The van der Waals surface area contributed by atoms with Gasteiger partial charge < -0.3 is 10.6 Å². The minimum atomic E-state index is -1.24. The van der Waals surface area contributed by atoms with Gasteiger partial charge in [0.2, 0.25) is 11.8 Å². The van der Waals surface area contributed by atoms with Crippen LogP contribution in [0, 0.1) is 17.6 Å². The molecule has 3 heterocycles. The number of fused-ring (bicyclic) bond motifs is 1. The zero-order valence-corrected chi connectivity index (χ0v) is 14.9. The van der Waals surface area contributed by atoms with Crippen LogP contribution >= 0.6 is 11.8 Å². The number of rotatable bonds is 3. The number of halogens is 3. The van der Waals surface area contributed by atoms with Gasteiger partial charge in [-0.3, -0.25) is 9.78 Å². The molecule has 0 saturated carbocycles. The first-order valence-corrected chi connectivity index (χ1v) is 9.26. The van der Waals surface area contributed by atoms with E-state index in [9.17, 15) is 18.0 Å². The van der Waals surface area contributed by atoms with E-state index < -0.39 is 35.1 Å². The van der Waals surface area contributed by atoms with Gasteiger partial charge in [-0.25, -0.2) is 18.8 Å². The van der Waals surface area contributed by atoms with Crippen LogP contribution in [-0.4, -0.2) is 34.0 Å². The van der Waals surface area contributed by atoms with Crippen molar-refractivity contribution in [1.82, 2.24) is 9.97 Å². The number of H-pyrrole nitrogens is 1. The Hall–Kier alpha value is -2.49. The maximum atomic E-state index is 14.6. The van der Waals surface area contributed by atoms with Gasteiger partial charge in [0.15, 0.2) is 5.17 Å². The van der Waals surface area contributed by atoms with E-state index in [0.29, 0.717) is 23.0 Å². The molecule has 0 amide bonds. The summed E-state index contributed by atoms with van der Waals surface area (Å²) in [5.74, 6) is -1.12. The van der Waals surface area contributed by atoms with Crippen LogP contribution in [0.4, 0.5) is 19.1 Å². The number of thioether (sulfide) groups is 1. The Labute approximate surface area is 156 Å². The van der Waals surface area contributed by atoms with Crippen molar-refractivity contribution in [3.8, 4) is 0 Å². The standard InChI is InChI=1S/C17H16F3N5OS/c18-5-12-13(20)14(26)23-16(22-12)25-6-9-7-27-15(21)24-17(9,8-25)10-3-1-2-4-11(10)19/h1-4,9H,5-8H2,(H2,21,24)(H,22,23,26)/t9-,17-/m0/s1. The van der Waals surface area contributed by atoms with E-state index in [1.54, 1.807) is 23.1 Å². The summed E-state index contributed by atoms with van der Waals surface area (Å²) in [6.45, 7) is -0.627. The number of aromatic amines is 1. The molecule has 3 N–H and O–H groups in total. The number of amidine groups is 1. The van der Waals surface area contributed by atoms with Gasteiger partial charge in [0, 0.05) is 23.8 Å². The van der Waals surface area contributed by atoms with Crippen LogP contribution in [0.5, 0.6) is 0 Å². The molecule has 0 radical (unpaired) electrons. The molecule has 6 nitrogen and oxygen atoms in total. The third-order valence-corrected chi connectivity index (χ3v) is 5.93. The molecule has 2 aromatic rings. The minimum Gasteiger partial charge on any atom is -0.379 e. The first kappa shape index (κ1) is 17.9. The van der Waals surface area contributed by atoms with Crippen molar-refractivity contribution in [2.24, 2.45) is 16.6 Å². The molecule has 1 saturated heterocycles. The second-order valence-electron chi connectivity index (χ2n) is 6.53. The van der Waals surface area contributed by atoms with Crippen LogP contribution in [0.2, 0.25) is 0 Å². The second-order valence-corrected chi connectivity index (χ2v) is 7.57. The lowest BCUT2D eigenvalue weighted by Crippen LogP contribution is -2.40. The van der Waals surface area contributed by atoms with E-state index in [0.717, 1.165) is 0 Å². The van der Waals surface area contributed by atoms with Gasteiger partial charge >= 0.3 is 0 Å². The largest absolute Gasteiger partial charge is 0.379 e. The van der Waals surface area contributed by atoms with Crippen LogP contribution < -0.4 is 16.2 Å². The van der Waals surface area contributed by atoms with E-state index in [-0.39, 0.29) is 18.4 Å². The average molecular weight is 395 g/mol. The SMILES string of the molecule is NC1=N[C@@]2(c3ccccc3F)CN(c3nc(CF)c(F)c(=O)[nH]3)C[C@H]2CS1. The number of alkyl halides is 1. The zero-order chi connectivity index (χ0) is 19.2. The Morgan fingerprint density at radius 1 is 1.37 bits per heavy atom. The second kappa shape index (κ2) is 6.59. The maximum absolute atomic E-state index is 14.6. The molecule has 4 rings (SSSR count). The lowest BCUT2D eigenvalue weighted by atomic mass is 9.81. The van der Waals surface area contributed by atoms with Crippen LogP contribution in [0.15, 0.2) is 34.1 Å². The van der Waals surface area contributed by atoms with Crippen molar-refractivity contribution in [2.45, 2.75) is 12.2 Å². The molecule has 0 bridgehead atoms. The van der Waals surface area contributed by atoms with Gasteiger partial charge in [0.1, 0.15) is 23.7 Å². The molecular weight excluding hydrogens is 379 g/mol. The van der Waals surface area contributed by atoms with Crippen molar-refractivity contribution in [2.75, 3.05) is 23.7 Å². The Balaban J connectivity index is 1.80. The maximum Gasteiger partial charge on any atom is 0.288 e. The summed E-state index contributed by atoms with van der Waals surface area (Å²) in [7, 11) is 0. The van der Waals surface area contributed by atoms with Gasteiger partial charge in [0.05, 0.1) is 6.54 Å². The van der Waals surface area contributed by atoms with Crippen LogP contribution in [0.3, 0.4) is 0 Å². The number of nitrogens with zero attached hydrogens (tertiary/aromatic N) is 3. The van der Waals surface area contributed by atoms with Crippen molar-refractivity contribution in [3.05, 3.63) is 57.5 Å². The van der Waals surface area contributed by atoms with E-state index in [2.05, 4.69) is 15.0 Å². The highest BCUT2D eigenvalue weighted by atomic mass is 32.2. The molecule has 1 aromatic heterocycles. The van der Waals surface area contributed by atoms with Gasteiger partial charge in [0.25, 0.3) is 5.56 Å². The lowest BCUT2D eigenvalue weighted by Gasteiger charge is -2.34. The molecule has 1 fully saturated rings. The van der Waals surface area contributed by atoms with Gasteiger partial charge in [-0.1, -0.05) is 30.0 Å². The molecule has 2 atom stereocenters. The summed E-state index contributed by atoms with van der Waals surface area (Å²) in [6, 6.07) is 6.33. The molecule has 2 aliphatic heterocycles. The summed E-state index contributed by atoms with van der Waals surface area (Å²) in [4.78, 5) is 24.2. The fourth-order valence-electron chi connectivity index (χ4n) is 3.70. The van der Waals surface area contributed by atoms with Crippen LogP contribution in [0.25, 0.3) is 0 Å². The smallest absolute Gasteiger partial charge is 0.288 e. The summed E-state index contributed by atoms with van der Waals surface area (Å²) < 4.78 is 41.3. The van der Waals surface area contributed by atoms with Crippen molar-refractivity contribution < 1.29 is 13.2 Å². The van der Waals surface area contributed by atoms with E-state index in [1.165, 1.54) is 17.8 Å². The normalized spacial score (nSPS) is 24.6. The quantitative estimate of drug-likeness (QED) is 0.829. The van der Waals surface area contributed by atoms with Gasteiger partial charge in [-0.2, -0.15) is 4.39 Å². The summed E-state index contributed by atoms with van der Waals surface area (Å²) >= 11 is 1.37. The van der Waals surface area contributed by atoms with Crippen molar-refractivity contribution in [3.63, 3.8) is 0 Å². The number of nitrogens with two attached hydrogens (primary N) is 1. The summed E-state index contributed by atoms with van der Waals surface area (Å²) in [5.41, 5.74) is 3.78. The van der Waals surface area contributed by atoms with E-state index in [4.69, 9.17) is 5.73 Å². The number of anilines is 1. The van der Waals surface area contributed by atoms with Crippen molar-refractivity contribution >= 4 is 22.9 Å². The number of aliphatic imine (C=N–C) groups is 1. The molecule has 10 heteroatoms. The predicted octanol–water partition coefficient (Wildman–Crippen LogP) is 1.91. The molecule has 27 heavy (non-hydrogen) atoms. The Morgan fingerprint density at radius 2 is 2.15 bits per heavy atom. The first-order chi connectivity index (χ1) is 12.9. The molecule has 2 aliphatic rings. The fourth-order valence-corrected chi connectivity index (χ4v) is 4.68. The van der Waals surface area contributed by atoms with E-state index in [1.807, 2.05) is 0 Å². The minimum absolute atomic E-state index is 0.0398. The number of benzene rings is 1. The molecule has 1 aromatic carbocycles. The average Bonchev–Trinajstić information content (AvgIpc) is 3.03. The number of hydrogen-bond acceptors (Lipinski definition) is 6. The Bertz CT molecular complexity index is 981. The number of hydrogen-bond donors (Lipinski definition) is 2. The zero-order valence-electron chi connectivity index (χ0n) is 14.1. The Morgan fingerprint density at radius 3 is 2.89 bits per heavy atom. The summed E-state index contributed by atoms with van der Waals surface area (Å²) in [6.07, 6.45) is 0. The van der Waals surface area contributed by atoms with Crippen LogP contribution in [-0.2, 0) is 12.2 Å². The predicted molar refractivity (Wildman–Crippen MR) is 97.5 cm³/mol. The fraction of sp³-hybridized carbons (Fsp3) is 0.353. The van der Waals surface area contributed by atoms with Crippen LogP contribution in [0.1, 0.15) is 11.3 Å². The number of aromatic nitrogens is 2. The summed E-state index contributed by atoms with van der Waals surface area (Å²) in [5, 5.41) is 0.348. The third-order valence-electron chi connectivity index (χ3n) is 4.98. The number of nitrogens with one attached hydrogen (secondary N) is 1. The molecule has 0 unspecified atom stereocenters. The molecule has 142 valence electrons. The van der Waals surface area contributed by atoms with E-state index >= 15 is 0 Å². The highest BCUT2D eigenvalue weighted by Gasteiger charge is 2.51. The third kappa shape index (κ3) is 2.88. The first-order valence-electron chi connectivity index (χ1n) is 8.27. The Kier molecular flexibility index (Phi) is 4.37. The highest BCUT2D eigenvalue weighted by molar-refractivity contribution is 8.13. The molecule has 0 spiro atoms. The molecular formula is C17H16F3N5OS. The lowest BCUT2D eigenvalue weighted by molar-refractivity contribution is 0.371. The topological polar surface area (TPSA) is 87.4 Å².